The molecular weight excluding hydrogens is 633 g/mol. The van der Waals surface area contributed by atoms with Crippen molar-refractivity contribution in [3.05, 3.63) is 73.9 Å². The number of allylic oxidation sites excluding steroid dienone is 1. The van der Waals surface area contributed by atoms with Crippen LogP contribution in [-0.4, -0.2) is 72.2 Å². The maximum Gasteiger partial charge on any atom is 0.416 e. The number of carbonyl (C=O) groups is 2. The molecule has 236 valence electrons. The van der Waals surface area contributed by atoms with Crippen molar-refractivity contribution >= 4 is 50.9 Å². The van der Waals surface area contributed by atoms with Gasteiger partial charge in [0.15, 0.2) is 10.8 Å². The highest BCUT2D eigenvalue weighted by Crippen LogP contribution is 2.45. The number of benzene rings is 1. The summed E-state index contributed by atoms with van der Waals surface area (Å²) in [6, 6.07) is 2.06. The molecule has 2 aromatic rings. The Kier molecular flexibility index (Phi) is 10.1. The van der Waals surface area contributed by atoms with Gasteiger partial charge in [-0.3, -0.25) is 4.85 Å². The second-order valence-corrected chi connectivity index (χ2v) is 14.7. The average Bonchev–Trinajstić information content (AvgIpc) is 3.48. The van der Waals surface area contributed by atoms with E-state index < -0.39 is 45.6 Å². The molecule has 15 heteroatoms. The van der Waals surface area contributed by atoms with Gasteiger partial charge in [-0.2, -0.15) is 0 Å². The molecule has 1 fully saturated rings. The molecule has 2 heterocycles. The Bertz CT molecular complexity index is 1620. The van der Waals surface area contributed by atoms with Gasteiger partial charge in [0, 0.05) is 28.6 Å². The van der Waals surface area contributed by atoms with Crippen LogP contribution in [0.1, 0.15) is 63.1 Å². The predicted molar refractivity (Wildman–Crippen MR) is 164 cm³/mol. The van der Waals surface area contributed by atoms with Crippen LogP contribution in [0.5, 0.6) is 0 Å². The Hall–Kier alpha value is -3.38. The first-order valence-electron chi connectivity index (χ1n) is 13.7. The van der Waals surface area contributed by atoms with Crippen molar-refractivity contribution in [1.29, 1.82) is 0 Å². The van der Waals surface area contributed by atoms with Gasteiger partial charge < -0.3 is 9.47 Å². The summed E-state index contributed by atoms with van der Waals surface area (Å²) in [6.45, 7) is 12.0. The van der Waals surface area contributed by atoms with Crippen LogP contribution in [-0.2, 0) is 24.3 Å². The highest BCUT2D eigenvalue weighted by Gasteiger charge is 2.46. The zero-order chi connectivity index (χ0) is 32.4. The lowest BCUT2D eigenvalue weighted by molar-refractivity contribution is -0.136. The standard InChI is InChI=1S/C29H33ClFN5O6S2/c1-29(2,3)42-28(38)36-24(20-12-9-18(31)15-21(20)30)22(27(37)41-5)23(34-25(36)26-33-13-14-43-26)17-7-10-19(11-8-17)35(16-32-4)44(6,39)40/h9,12-15,17,19,24H,7-8,10-11,16H2,1-3,5-6H3. The van der Waals surface area contributed by atoms with Crippen molar-refractivity contribution in [2.45, 2.75) is 64.1 Å². The van der Waals surface area contributed by atoms with Crippen LogP contribution in [0.3, 0.4) is 0 Å². The minimum atomic E-state index is -3.62. The minimum Gasteiger partial charge on any atom is -0.466 e. The highest BCUT2D eigenvalue weighted by molar-refractivity contribution is 7.88. The van der Waals surface area contributed by atoms with E-state index in [1.165, 1.54) is 39.8 Å². The summed E-state index contributed by atoms with van der Waals surface area (Å²) in [7, 11) is -2.42. The van der Waals surface area contributed by atoms with Gasteiger partial charge in [0.25, 0.3) is 6.67 Å². The number of hydrogen-bond acceptors (Lipinski definition) is 9. The summed E-state index contributed by atoms with van der Waals surface area (Å²) in [4.78, 5) is 41.3. The van der Waals surface area contributed by atoms with Crippen LogP contribution in [0.2, 0.25) is 5.02 Å². The maximum absolute atomic E-state index is 14.2. The number of methoxy groups -OCH3 is 1. The minimum absolute atomic E-state index is 0.0248. The quantitative estimate of drug-likeness (QED) is 0.271. The van der Waals surface area contributed by atoms with Gasteiger partial charge in [0.1, 0.15) is 17.5 Å². The van der Waals surface area contributed by atoms with E-state index >= 15 is 0 Å². The fraction of sp³-hybridized carbons (Fsp3) is 0.483. The van der Waals surface area contributed by atoms with Crippen LogP contribution in [0.15, 0.2) is 46.0 Å². The molecule has 0 saturated heterocycles. The van der Waals surface area contributed by atoms with E-state index in [0.717, 1.165) is 12.3 Å². The van der Waals surface area contributed by atoms with E-state index in [0.29, 0.717) is 36.4 Å². The summed E-state index contributed by atoms with van der Waals surface area (Å²) in [6.07, 6.45) is 3.47. The topological polar surface area (TPSA) is 123 Å². The Morgan fingerprint density at radius 1 is 1.25 bits per heavy atom. The fourth-order valence-electron chi connectivity index (χ4n) is 5.46. The Morgan fingerprint density at radius 3 is 2.45 bits per heavy atom. The van der Waals surface area contributed by atoms with Gasteiger partial charge in [-0.1, -0.05) is 17.7 Å². The first kappa shape index (κ1) is 33.5. The third-order valence-electron chi connectivity index (χ3n) is 7.27. The van der Waals surface area contributed by atoms with Crippen molar-refractivity contribution in [3.8, 4) is 0 Å². The van der Waals surface area contributed by atoms with Gasteiger partial charge in [-0.15, -0.1) is 15.6 Å². The summed E-state index contributed by atoms with van der Waals surface area (Å²) in [5, 5.41) is 2.05. The molecule has 1 aromatic heterocycles. The highest BCUT2D eigenvalue weighted by atomic mass is 35.5. The van der Waals surface area contributed by atoms with Crippen LogP contribution in [0.4, 0.5) is 9.18 Å². The Morgan fingerprint density at radius 2 is 1.93 bits per heavy atom. The van der Waals surface area contributed by atoms with Crippen molar-refractivity contribution in [2.75, 3.05) is 20.0 Å². The number of aliphatic imine (C=N–C) groups is 1. The molecule has 1 aliphatic heterocycles. The number of thiazole rings is 1. The first-order chi connectivity index (χ1) is 20.7. The lowest BCUT2D eigenvalue weighted by Crippen LogP contribution is -2.48. The Labute approximate surface area is 265 Å². The average molecular weight is 666 g/mol. The van der Waals surface area contributed by atoms with E-state index in [2.05, 4.69) is 9.83 Å². The number of hydrogen-bond donors (Lipinski definition) is 0. The molecule has 0 spiro atoms. The zero-order valence-corrected chi connectivity index (χ0v) is 27.3. The van der Waals surface area contributed by atoms with E-state index in [9.17, 15) is 22.4 Å². The smallest absolute Gasteiger partial charge is 0.416 e. The molecule has 1 atom stereocenters. The summed E-state index contributed by atoms with van der Waals surface area (Å²) >= 11 is 7.80. The van der Waals surface area contributed by atoms with E-state index in [-0.39, 0.29) is 34.6 Å². The SMILES string of the molecule is [C-]#[N+]CN(C1CCC(C2=C(C(=O)OC)C(c3ccc(F)cc3Cl)N(C(=O)OC(C)(C)C)C(c3nccs3)=N2)CC1)S(C)(=O)=O. The monoisotopic (exact) mass is 665 g/mol. The molecule has 1 unspecified atom stereocenters. The summed E-state index contributed by atoms with van der Waals surface area (Å²) < 4.78 is 51.2. The van der Waals surface area contributed by atoms with Crippen molar-refractivity contribution in [2.24, 2.45) is 10.9 Å². The molecule has 1 saturated carbocycles. The number of ether oxygens (including phenoxy) is 2. The number of esters is 1. The van der Waals surface area contributed by atoms with Gasteiger partial charge >= 0.3 is 12.1 Å². The third kappa shape index (κ3) is 7.28. The Balaban J connectivity index is 1.92. The molecule has 0 N–H and O–H groups in total. The second kappa shape index (κ2) is 13.3. The molecule has 0 bridgehead atoms. The number of halogens is 2. The van der Waals surface area contributed by atoms with Crippen LogP contribution >= 0.6 is 22.9 Å². The molecule has 0 radical (unpaired) electrons. The van der Waals surface area contributed by atoms with Crippen LogP contribution < -0.4 is 0 Å². The van der Waals surface area contributed by atoms with E-state index in [4.69, 9.17) is 32.6 Å². The van der Waals surface area contributed by atoms with Crippen molar-refractivity contribution < 1.29 is 31.9 Å². The largest absolute Gasteiger partial charge is 0.466 e. The molecule has 2 aliphatic rings. The molecule has 1 aromatic carbocycles. The van der Waals surface area contributed by atoms with E-state index in [1.807, 2.05) is 0 Å². The van der Waals surface area contributed by atoms with Gasteiger partial charge in [-0.05, 0) is 64.2 Å². The normalized spacial score (nSPS) is 21.1. The third-order valence-corrected chi connectivity index (χ3v) is 9.63. The van der Waals surface area contributed by atoms with E-state index in [1.54, 1.807) is 32.3 Å². The second-order valence-electron chi connectivity index (χ2n) is 11.4. The maximum atomic E-state index is 14.2. The summed E-state index contributed by atoms with van der Waals surface area (Å²) in [5.41, 5.74) is -0.319. The zero-order valence-electron chi connectivity index (χ0n) is 24.9. The van der Waals surface area contributed by atoms with Crippen molar-refractivity contribution in [3.63, 3.8) is 0 Å². The molecule has 11 nitrogen and oxygen atoms in total. The first-order valence-corrected chi connectivity index (χ1v) is 16.8. The fourth-order valence-corrected chi connectivity index (χ4v) is 7.37. The van der Waals surface area contributed by atoms with Crippen molar-refractivity contribution in [1.82, 2.24) is 14.2 Å². The number of nitrogens with zero attached hydrogens (tertiary/aromatic N) is 5. The van der Waals surface area contributed by atoms with Crippen LogP contribution in [0.25, 0.3) is 4.85 Å². The van der Waals surface area contributed by atoms with Gasteiger partial charge in [0.2, 0.25) is 10.0 Å². The molecule has 1 aliphatic carbocycles. The summed E-state index contributed by atoms with van der Waals surface area (Å²) in [5.74, 6) is -1.61. The van der Waals surface area contributed by atoms with Gasteiger partial charge in [-0.25, -0.2) is 43.8 Å². The van der Waals surface area contributed by atoms with Gasteiger partial charge in [0.05, 0.1) is 24.6 Å². The number of rotatable bonds is 7. The number of amidine groups is 1. The van der Waals surface area contributed by atoms with Crippen LogP contribution in [0, 0.1) is 18.3 Å². The number of carbonyl (C=O) groups excluding carboxylic acids is 2. The number of amides is 1. The molecule has 44 heavy (non-hydrogen) atoms. The molecule has 1 amide bonds. The molecular formula is C29H33ClFN5O6S2. The lowest BCUT2D eigenvalue weighted by atomic mass is 9.80. The lowest BCUT2D eigenvalue weighted by Gasteiger charge is -2.40. The predicted octanol–water partition coefficient (Wildman–Crippen LogP) is 5.80. The number of sulfonamides is 1. The number of aromatic nitrogens is 1. The molecule has 4 rings (SSSR count).